The van der Waals surface area contributed by atoms with Crippen LogP contribution in [-0.2, 0) is 6.42 Å². The van der Waals surface area contributed by atoms with Gasteiger partial charge in [-0.1, -0.05) is 0 Å². The summed E-state index contributed by atoms with van der Waals surface area (Å²) in [6.45, 7) is 0.180. The van der Waals surface area contributed by atoms with E-state index in [0.717, 1.165) is 17.6 Å². The minimum Gasteiger partial charge on any atom is -0.396 e. The number of rotatable bonds is 3. The van der Waals surface area contributed by atoms with Gasteiger partial charge in [-0.15, -0.1) is 0 Å². The van der Waals surface area contributed by atoms with E-state index >= 15 is 0 Å². The van der Waals surface area contributed by atoms with Gasteiger partial charge < -0.3 is 10.1 Å². The first kappa shape index (κ1) is 8.12. The molecule has 2 aromatic rings. The van der Waals surface area contributed by atoms with Gasteiger partial charge in [0.1, 0.15) is 11.8 Å². The number of nitrogens with zero attached hydrogens (tertiary/aromatic N) is 3. The van der Waals surface area contributed by atoms with Crippen molar-refractivity contribution in [2.45, 2.75) is 12.8 Å². The zero-order valence-corrected chi connectivity index (χ0v) is 7.06. The third-order valence-corrected chi connectivity index (χ3v) is 1.87. The highest BCUT2D eigenvalue weighted by Crippen LogP contribution is 2.10. The molecule has 0 saturated carbocycles. The van der Waals surface area contributed by atoms with Crippen LogP contribution in [0.2, 0.25) is 0 Å². The van der Waals surface area contributed by atoms with Crippen molar-refractivity contribution in [3.8, 4) is 0 Å². The number of nitrogens with one attached hydrogen (secondary N) is 1. The summed E-state index contributed by atoms with van der Waals surface area (Å²) in [5.41, 5.74) is 2.47. The molecule has 5 nitrogen and oxygen atoms in total. The molecule has 0 aliphatic carbocycles. The van der Waals surface area contributed by atoms with Crippen LogP contribution >= 0.6 is 0 Å². The molecule has 0 atom stereocenters. The van der Waals surface area contributed by atoms with Crippen molar-refractivity contribution in [1.29, 1.82) is 0 Å². The number of fused-ring (bicyclic) bond motifs is 1. The topological polar surface area (TPSA) is 74.7 Å². The normalized spacial score (nSPS) is 10.8. The van der Waals surface area contributed by atoms with Gasteiger partial charge in [-0.05, 0) is 12.8 Å². The fraction of sp³-hybridized carbons (Fsp3) is 0.375. The molecule has 0 aliphatic rings. The zero-order valence-electron chi connectivity index (χ0n) is 7.06. The molecule has 2 N–H and O–H groups in total. The first-order chi connectivity index (χ1) is 6.42. The summed E-state index contributed by atoms with van der Waals surface area (Å²) >= 11 is 0. The average Bonchev–Trinajstić information content (AvgIpc) is 2.62. The molecule has 13 heavy (non-hydrogen) atoms. The standard InChI is InChI=1S/C8H10N4O/c13-3-1-2-6-7-8(11-4-9-6)12-5-10-7/h4-5,13H,1-3H2,(H,9,10,11,12). The second-order valence-electron chi connectivity index (χ2n) is 2.75. The van der Waals surface area contributed by atoms with Gasteiger partial charge in [0.25, 0.3) is 0 Å². The molecule has 0 amide bonds. The Kier molecular flexibility index (Phi) is 2.18. The molecular formula is C8H10N4O. The Labute approximate surface area is 74.9 Å². The van der Waals surface area contributed by atoms with Gasteiger partial charge in [0.15, 0.2) is 5.65 Å². The van der Waals surface area contributed by atoms with Crippen molar-refractivity contribution in [2.75, 3.05) is 6.61 Å². The summed E-state index contributed by atoms with van der Waals surface area (Å²) in [7, 11) is 0. The molecule has 2 aromatic heterocycles. The van der Waals surface area contributed by atoms with E-state index in [1.54, 1.807) is 6.33 Å². The third-order valence-electron chi connectivity index (χ3n) is 1.87. The number of aliphatic hydroxyl groups excluding tert-OH is 1. The minimum atomic E-state index is 0.180. The molecule has 2 rings (SSSR count). The van der Waals surface area contributed by atoms with Gasteiger partial charge >= 0.3 is 0 Å². The summed E-state index contributed by atoms with van der Waals surface area (Å²) in [5, 5.41) is 8.68. The van der Waals surface area contributed by atoms with Crippen LogP contribution in [-0.4, -0.2) is 31.6 Å². The van der Waals surface area contributed by atoms with Crippen LogP contribution in [0.15, 0.2) is 12.7 Å². The highest BCUT2D eigenvalue weighted by Gasteiger charge is 2.04. The lowest BCUT2D eigenvalue weighted by Gasteiger charge is -1.98. The smallest absolute Gasteiger partial charge is 0.180 e. The molecular weight excluding hydrogens is 168 g/mol. The van der Waals surface area contributed by atoms with Crippen molar-refractivity contribution in [2.24, 2.45) is 0 Å². The first-order valence-corrected chi connectivity index (χ1v) is 4.15. The maximum atomic E-state index is 8.68. The minimum absolute atomic E-state index is 0.180. The number of aromatic amines is 1. The Morgan fingerprint density at radius 1 is 1.31 bits per heavy atom. The van der Waals surface area contributed by atoms with Crippen LogP contribution in [0.5, 0.6) is 0 Å². The SMILES string of the molecule is OCCCc1ncnc2nc[nH]c12. The van der Waals surface area contributed by atoms with Gasteiger partial charge in [0, 0.05) is 6.61 Å². The summed E-state index contributed by atoms with van der Waals surface area (Å²) in [4.78, 5) is 15.1. The molecule has 0 aliphatic heterocycles. The van der Waals surface area contributed by atoms with E-state index in [0.29, 0.717) is 12.1 Å². The number of aromatic nitrogens is 4. The summed E-state index contributed by atoms with van der Waals surface area (Å²) < 4.78 is 0. The Hall–Kier alpha value is -1.49. The molecule has 0 bridgehead atoms. The second kappa shape index (κ2) is 3.49. The van der Waals surface area contributed by atoms with Gasteiger partial charge in [-0.3, -0.25) is 0 Å². The number of imidazole rings is 1. The largest absolute Gasteiger partial charge is 0.396 e. The molecule has 0 spiro atoms. The van der Waals surface area contributed by atoms with Crippen LogP contribution < -0.4 is 0 Å². The third kappa shape index (κ3) is 1.50. The van der Waals surface area contributed by atoms with E-state index in [4.69, 9.17) is 5.11 Å². The molecule has 0 aromatic carbocycles. The lowest BCUT2D eigenvalue weighted by Crippen LogP contribution is -1.95. The van der Waals surface area contributed by atoms with Crippen molar-refractivity contribution < 1.29 is 5.11 Å². The molecule has 0 radical (unpaired) electrons. The second-order valence-corrected chi connectivity index (χ2v) is 2.75. The molecule has 2 heterocycles. The quantitative estimate of drug-likeness (QED) is 0.707. The number of aliphatic hydroxyl groups is 1. The molecule has 0 fully saturated rings. The van der Waals surface area contributed by atoms with Crippen LogP contribution in [0.4, 0.5) is 0 Å². The number of aryl methyl sites for hydroxylation is 1. The molecule has 68 valence electrons. The highest BCUT2D eigenvalue weighted by atomic mass is 16.2. The van der Waals surface area contributed by atoms with E-state index in [2.05, 4.69) is 19.9 Å². The van der Waals surface area contributed by atoms with Gasteiger partial charge in [0.05, 0.1) is 12.0 Å². The van der Waals surface area contributed by atoms with E-state index in [1.165, 1.54) is 6.33 Å². The van der Waals surface area contributed by atoms with E-state index in [9.17, 15) is 0 Å². The Morgan fingerprint density at radius 3 is 3.08 bits per heavy atom. The highest BCUT2D eigenvalue weighted by molar-refractivity contribution is 5.71. The van der Waals surface area contributed by atoms with Crippen LogP contribution in [0.25, 0.3) is 11.2 Å². The fourth-order valence-electron chi connectivity index (χ4n) is 1.25. The van der Waals surface area contributed by atoms with Crippen LogP contribution in [0, 0.1) is 0 Å². The summed E-state index contributed by atoms with van der Waals surface area (Å²) in [6.07, 6.45) is 4.56. The van der Waals surface area contributed by atoms with Crippen molar-refractivity contribution in [3.05, 3.63) is 18.3 Å². The lowest BCUT2D eigenvalue weighted by atomic mass is 10.2. The van der Waals surface area contributed by atoms with E-state index in [-0.39, 0.29) is 6.61 Å². The van der Waals surface area contributed by atoms with Crippen molar-refractivity contribution in [1.82, 2.24) is 19.9 Å². The Balaban J connectivity index is 2.37. The monoisotopic (exact) mass is 178 g/mol. The van der Waals surface area contributed by atoms with E-state index in [1.807, 2.05) is 0 Å². The van der Waals surface area contributed by atoms with Gasteiger partial charge in [0.2, 0.25) is 0 Å². The number of hydrogen-bond donors (Lipinski definition) is 2. The molecule has 0 unspecified atom stereocenters. The lowest BCUT2D eigenvalue weighted by molar-refractivity contribution is 0.288. The van der Waals surface area contributed by atoms with Crippen LogP contribution in [0.1, 0.15) is 12.1 Å². The predicted molar refractivity (Wildman–Crippen MR) is 47.1 cm³/mol. The number of H-pyrrole nitrogens is 1. The Bertz CT molecular complexity index is 398. The average molecular weight is 178 g/mol. The first-order valence-electron chi connectivity index (χ1n) is 4.15. The number of hydrogen-bond acceptors (Lipinski definition) is 4. The van der Waals surface area contributed by atoms with Crippen molar-refractivity contribution >= 4 is 11.2 Å². The Morgan fingerprint density at radius 2 is 2.23 bits per heavy atom. The van der Waals surface area contributed by atoms with Crippen molar-refractivity contribution in [3.63, 3.8) is 0 Å². The maximum Gasteiger partial charge on any atom is 0.180 e. The van der Waals surface area contributed by atoms with Gasteiger partial charge in [-0.2, -0.15) is 0 Å². The van der Waals surface area contributed by atoms with Gasteiger partial charge in [-0.25, -0.2) is 15.0 Å². The molecule has 5 heteroatoms. The fourth-order valence-corrected chi connectivity index (χ4v) is 1.25. The predicted octanol–water partition coefficient (Wildman–Crippen LogP) is 0.278. The summed E-state index contributed by atoms with van der Waals surface area (Å²) in [5.74, 6) is 0. The van der Waals surface area contributed by atoms with Crippen LogP contribution in [0.3, 0.4) is 0 Å². The summed E-state index contributed by atoms with van der Waals surface area (Å²) in [6, 6.07) is 0. The molecule has 0 saturated heterocycles. The van der Waals surface area contributed by atoms with E-state index < -0.39 is 0 Å². The maximum absolute atomic E-state index is 8.68. The zero-order chi connectivity index (χ0) is 9.10.